The van der Waals surface area contributed by atoms with Gasteiger partial charge in [0.1, 0.15) is 23.0 Å². The molecule has 3 aromatic rings. The lowest BCUT2D eigenvalue weighted by Gasteiger charge is -2.36. The van der Waals surface area contributed by atoms with E-state index in [0.717, 1.165) is 30.3 Å². The predicted molar refractivity (Wildman–Crippen MR) is 120 cm³/mol. The monoisotopic (exact) mass is 418 g/mol. The van der Waals surface area contributed by atoms with Crippen LogP contribution in [-0.4, -0.2) is 48.7 Å². The molecule has 0 atom stereocenters. The molecule has 6 heteroatoms. The molecule has 0 spiro atoms. The first kappa shape index (κ1) is 20.6. The number of hydrogen-bond acceptors (Lipinski definition) is 5. The lowest BCUT2D eigenvalue weighted by atomic mass is 10.2. The van der Waals surface area contributed by atoms with Gasteiger partial charge in [-0.3, -0.25) is 4.79 Å². The molecule has 1 aliphatic rings. The average Bonchev–Trinajstić information content (AvgIpc) is 2.82. The number of aromatic hydroxyl groups is 1. The summed E-state index contributed by atoms with van der Waals surface area (Å²) >= 11 is 0. The number of benzene rings is 3. The first-order valence-electron chi connectivity index (χ1n) is 10.4. The van der Waals surface area contributed by atoms with E-state index in [-0.39, 0.29) is 11.7 Å². The van der Waals surface area contributed by atoms with E-state index in [0.29, 0.717) is 31.9 Å². The van der Waals surface area contributed by atoms with Crippen molar-refractivity contribution in [1.29, 1.82) is 0 Å². The van der Waals surface area contributed by atoms with Crippen molar-refractivity contribution in [2.24, 2.45) is 0 Å². The molecule has 3 aromatic carbocycles. The molecule has 0 aromatic heterocycles. The highest BCUT2D eigenvalue weighted by Gasteiger charge is 2.21. The van der Waals surface area contributed by atoms with Crippen molar-refractivity contribution < 1.29 is 19.4 Å². The highest BCUT2D eigenvalue weighted by molar-refractivity contribution is 5.76. The third-order valence-corrected chi connectivity index (χ3v) is 5.23. The zero-order valence-corrected chi connectivity index (χ0v) is 17.3. The Morgan fingerprint density at radius 3 is 2.06 bits per heavy atom. The molecular weight excluding hydrogens is 392 g/mol. The van der Waals surface area contributed by atoms with E-state index in [1.165, 1.54) is 0 Å². The Hall–Kier alpha value is -3.67. The molecule has 0 saturated carbocycles. The molecule has 0 aliphatic carbocycles. The number of para-hydroxylation sites is 1. The summed E-state index contributed by atoms with van der Waals surface area (Å²) in [6, 6.07) is 24.3. The molecule has 0 bridgehead atoms. The summed E-state index contributed by atoms with van der Waals surface area (Å²) in [5.74, 6) is 2.56. The van der Waals surface area contributed by atoms with Gasteiger partial charge in [0.25, 0.3) is 0 Å². The SMILES string of the molecule is O=C(CCOc1ccc(O)cc1)N1CCN(c2ccc(Oc3ccccc3)cc2)CC1. The van der Waals surface area contributed by atoms with Gasteiger partial charge in [-0.15, -0.1) is 0 Å². The second-order valence-electron chi connectivity index (χ2n) is 7.37. The maximum atomic E-state index is 12.5. The Balaban J connectivity index is 1.21. The normalized spacial score (nSPS) is 13.7. The van der Waals surface area contributed by atoms with Crippen LogP contribution in [0, 0.1) is 0 Å². The van der Waals surface area contributed by atoms with Crippen molar-refractivity contribution in [1.82, 2.24) is 4.90 Å². The van der Waals surface area contributed by atoms with Gasteiger partial charge in [0.2, 0.25) is 5.91 Å². The van der Waals surface area contributed by atoms with E-state index in [1.54, 1.807) is 24.3 Å². The van der Waals surface area contributed by atoms with E-state index in [9.17, 15) is 9.90 Å². The van der Waals surface area contributed by atoms with Crippen LogP contribution < -0.4 is 14.4 Å². The summed E-state index contributed by atoms with van der Waals surface area (Å²) in [6.07, 6.45) is 0.340. The van der Waals surface area contributed by atoms with E-state index in [4.69, 9.17) is 9.47 Å². The lowest BCUT2D eigenvalue weighted by Crippen LogP contribution is -2.49. The minimum absolute atomic E-state index is 0.102. The number of amides is 1. The standard InChI is InChI=1S/C25H26N2O4/c28-21-8-12-22(13-9-21)30-19-14-25(29)27-17-15-26(16-18-27)20-6-10-24(11-7-20)31-23-4-2-1-3-5-23/h1-13,28H,14-19H2. The Morgan fingerprint density at radius 2 is 1.39 bits per heavy atom. The molecule has 1 amide bonds. The third-order valence-electron chi connectivity index (χ3n) is 5.23. The number of nitrogens with zero attached hydrogens (tertiary/aromatic N) is 2. The van der Waals surface area contributed by atoms with Gasteiger partial charge in [-0.2, -0.15) is 0 Å². The van der Waals surface area contributed by atoms with Gasteiger partial charge in [-0.05, 0) is 60.7 Å². The number of anilines is 1. The summed E-state index contributed by atoms with van der Waals surface area (Å²) < 4.78 is 11.4. The molecule has 4 rings (SSSR count). The summed E-state index contributed by atoms with van der Waals surface area (Å²) in [5, 5.41) is 9.29. The van der Waals surface area contributed by atoms with Crippen molar-refractivity contribution in [3.8, 4) is 23.0 Å². The number of piperazine rings is 1. The van der Waals surface area contributed by atoms with Crippen LogP contribution in [0.25, 0.3) is 0 Å². The molecule has 160 valence electrons. The van der Waals surface area contributed by atoms with Crippen molar-refractivity contribution in [2.75, 3.05) is 37.7 Å². The average molecular weight is 418 g/mol. The number of phenols is 1. The molecule has 1 fully saturated rings. The molecule has 1 heterocycles. The van der Waals surface area contributed by atoms with Gasteiger partial charge in [0, 0.05) is 31.9 Å². The summed E-state index contributed by atoms with van der Waals surface area (Å²) in [4.78, 5) is 16.6. The quantitative estimate of drug-likeness (QED) is 0.620. The van der Waals surface area contributed by atoms with Crippen LogP contribution in [0.3, 0.4) is 0 Å². The largest absolute Gasteiger partial charge is 0.508 e. The second kappa shape index (κ2) is 9.89. The molecule has 1 saturated heterocycles. The zero-order chi connectivity index (χ0) is 21.5. The van der Waals surface area contributed by atoms with Gasteiger partial charge >= 0.3 is 0 Å². The van der Waals surface area contributed by atoms with Gasteiger partial charge in [0.15, 0.2) is 0 Å². The fourth-order valence-corrected chi connectivity index (χ4v) is 3.52. The zero-order valence-electron chi connectivity index (χ0n) is 17.3. The number of hydrogen-bond donors (Lipinski definition) is 1. The van der Waals surface area contributed by atoms with Gasteiger partial charge < -0.3 is 24.4 Å². The fourth-order valence-electron chi connectivity index (χ4n) is 3.52. The number of carbonyl (C=O) groups excluding carboxylic acids is 1. The van der Waals surface area contributed by atoms with Gasteiger partial charge in [0.05, 0.1) is 13.0 Å². The van der Waals surface area contributed by atoms with Crippen LogP contribution in [0.1, 0.15) is 6.42 Å². The van der Waals surface area contributed by atoms with Crippen LogP contribution in [0.15, 0.2) is 78.9 Å². The first-order chi connectivity index (χ1) is 15.2. The maximum Gasteiger partial charge on any atom is 0.226 e. The van der Waals surface area contributed by atoms with Crippen LogP contribution in [0.5, 0.6) is 23.0 Å². The summed E-state index contributed by atoms with van der Waals surface area (Å²) in [7, 11) is 0. The van der Waals surface area contributed by atoms with E-state index in [2.05, 4.69) is 17.0 Å². The maximum absolute atomic E-state index is 12.5. The highest BCUT2D eigenvalue weighted by atomic mass is 16.5. The number of carbonyl (C=O) groups is 1. The van der Waals surface area contributed by atoms with Crippen LogP contribution in [-0.2, 0) is 4.79 Å². The Morgan fingerprint density at radius 1 is 0.774 bits per heavy atom. The second-order valence-corrected chi connectivity index (χ2v) is 7.37. The molecule has 1 aliphatic heterocycles. The molecule has 0 radical (unpaired) electrons. The fraction of sp³-hybridized carbons (Fsp3) is 0.240. The molecule has 6 nitrogen and oxygen atoms in total. The van der Waals surface area contributed by atoms with Crippen molar-refractivity contribution in [2.45, 2.75) is 6.42 Å². The highest BCUT2D eigenvalue weighted by Crippen LogP contribution is 2.25. The van der Waals surface area contributed by atoms with Gasteiger partial charge in [-0.25, -0.2) is 0 Å². The summed E-state index contributed by atoms with van der Waals surface area (Å²) in [5.41, 5.74) is 1.13. The van der Waals surface area contributed by atoms with E-state index < -0.39 is 0 Å². The van der Waals surface area contributed by atoms with Crippen molar-refractivity contribution >= 4 is 11.6 Å². The number of ether oxygens (including phenoxy) is 2. The minimum Gasteiger partial charge on any atom is -0.508 e. The Bertz CT molecular complexity index is 967. The number of rotatable bonds is 7. The molecule has 1 N–H and O–H groups in total. The van der Waals surface area contributed by atoms with Crippen LogP contribution >= 0.6 is 0 Å². The Kier molecular flexibility index (Phi) is 6.57. The van der Waals surface area contributed by atoms with Crippen LogP contribution in [0.4, 0.5) is 5.69 Å². The van der Waals surface area contributed by atoms with Crippen LogP contribution in [0.2, 0.25) is 0 Å². The molecular formula is C25H26N2O4. The molecule has 0 unspecified atom stereocenters. The molecule has 31 heavy (non-hydrogen) atoms. The first-order valence-corrected chi connectivity index (χ1v) is 10.4. The predicted octanol–water partition coefficient (Wildman–Crippen LogP) is 4.30. The number of phenolic OH excluding ortho intramolecular Hbond substituents is 1. The minimum atomic E-state index is 0.102. The smallest absolute Gasteiger partial charge is 0.226 e. The third kappa shape index (κ3) is 5.69. The summed E-state index contributed by atoms with van der Waals surface area (Å²) in [6.45, 7) is 3.31. The Labute approximate surface area is 182 Å². The van der Waals surface area contributed by atoms with E-state index >= 15 is 0 Å². The van der Waals surface area contributed by atoms with Crippen molar-refractivity contribution in [3.63, 3.8) is 0 Å². The van der Waals surface area contributed by atoms with Crippen molar-refractivity contribution in [3.05, 3.63) is 78.9 Å². The topological polar surface area (TPSA) is 62.2 Å². The van der Waals surface area contributed by atoms with E-state index in [1.807, 2.05) is 47.4 Å². The van der Waals surface area contributed by atoms with Gasteiger partial charge in [-0.1, -0.05) is 18.2 Å². The lowest BCUT2D eigenvalue weighted by molar-refractivity contribution is -0.132.